The quantitative estimate of drug-likeness (QED) is 0.562. The molecule has 0 aromatic carbocycles. The van der Waals surface area contributed by atoms with E-state index in [0.29, 0.717) is 5.25 Å². The molecule has 0 amide bonds. The Labute approximate surface area is 60.2 Å². The van der Waals surface area contributed by atoms with E-state index in [0.717, 1.165) is 12.8 Å². The van der Waals surface area contributed by atoms with Crippen LogP contribution in [0.1, 0.15) is 12.8 Å². The van der Waals surface area contributed by atoms with Crippen LogP contribution in [0.15, 0.2) is 12.2 Å². The lowest BCUT2D eigenvalue weighted by Gasteiger charge is -2.20. The third-order valence-electron chi connectivity index (χ3n) is 1.63. The first-order chi connectivity index (χ1) is 4.34. The number of hydrogen-bond acceptors (Lipinski definition) is 2. The van der Waals surface area contributed by atoms with E-state index in [-0.39, 0.29) is 6.10 Å². The lowest BCUT2D eigenvalue weighted by atomic mass is 10.1. The molecule has 9 heavy (non-hydrogen) atoms. The van der Waals surface area contributed by atoms with Gasteiger partial charge in [0.15, 0.2) is 0 Å². The highest BCUT2D eigenvalue weighted by atomic mass is 32.2. The largest absolute Gasteiger partial charge is 0.388 e. The molecule has 1 nitrogen and oxygen atoms in total. The second-order valence-electron chi connectivity index (χ2n) is 2.27. The van der Waals surface area contributed by atoms with Crippen LogP contribution in [-0.4, -0.2) is 22.7 Å². The van der Waals surface area contributed by atoms with Crippen molar-refractivity contribution in [2.75, 3.05) is 6.26 Å². The predicted octanol–water partition coefficient (Wildman–Crippen LogP) is 1.43. The van der Waals surface area contributed by atoms with Crippen LogP contribution in [0.25, 0.3) is 0 Å². The van der Waals surface area contributed by atoms with Gasteiger partial charge in [-0.3, -0.25) is 0 Å². The number of aliphatic hydroxyl groups excluding tert-OH is 1. The van der Waals surface area contributed by atoms with Crippen LogP contribution >= 0.6 is 11.8 Å². The molecule has 0 heterocycles. The Balaban J connectivity index is 2.44. The molecule has 0 fully saturated rings. The standard InChI is InChI=1S/C7H12OS/c1-9-7-5-3-2-4-6(7)8/h2,4,6-8H,3,5H2,1H3/t6-,7-/m1/s1. The van der Waals surface area contributed by atoms with Crippen LogP contribution in [0.5, 0.6) is 0 Å². The molecule has 0 aromatic rings. The van der Waals surface area contributed by atoms with Gasteiger partial charge in [-0.15, -0.1) is 0 Å². The molecule has 0 saturated heterocycles. The first kappa shape index (κ1) is 7.16. The van der Waals surface area contributed by atoms with Crippen LogP contribution in [0.2, 0.25) is 0 Å². The number of rotatable bonds is 1. The Morgan fingerprint density at radius 1 is 1.67 bits per heavy atom. The second kappa shape index (κ2) is 3.28. The van der Waals surface area contributed by atoms with Crippen LogP contribution in [-0.2, 0) is 0 Å². The highest BCUT2D eigenvalue weighted by molar-refractivity contribution is 7.99. The van der Waals surface area contributed by atoms with E-state index in [2.05, 4.69) is 6.08 Å². The van der Waals surface area contributed by atoms with Crippen molar-refractivity contribution in [3.8, 4) is 0 Å². The van der Waals surface area contributed by atoms with Gasteiger partial charge in [-0.2, -0.15) is 11.8 Å². The maximum Gasteiger partial charge on any atom is 0.0839 e. The zero-order valence-electron chi connectivity index (χ0n) is 5.58. The summed E-state index contributed by atoms with van der Waals surface area (Å²) in [4.78, 5) is 0. The minimum Gasteiger partial charge on any atom is -0.388 e. The number of allylic oxidation sites excluding steroid dienone is 1. The van der Waals surface area contributed by atoms with Gasteiger partial charge >= 0.3 is 0 Å². The molecule has 2 heteroatoms. The normalized spacial score (nSPS) is 34.9. The topological polar surface area (TPSA) is 20.2 Å². The molecule has 1 aliphatic rings. The maximum absolute atomic E-state index is 9.26. The molecule has 2 atom stereocenters. The SMILES string of the molecule is CS[C@@H]1CCC=C[C@H]1O. The molecule has 52 valence electrons. The summed E-state index contributed by atoms with van der Waals surface area (Å²) >= 11 is 1.75. The second-order valence-corrected chi connectivity index (χ2v) is 3.35. The third-order valence-corrected chi connectivity index (χ3v) is 2.75. The van der Waals surface area contributed by atoms with Crippen LogP contribution < -0.4 is 0 Å². The van der Waals surface area contributed by atoms with Crippen molar-refractivity contribution in [1.82, 2.24) is 0 Å². The minimum atomic E-state index is -0.200. The maximum atomic E-state index is 9.26. The van der Waals surface area contributed by atoms with Gasteiger partial charge in [0.1, 0.15) is 0 Å². The van der Waals surface area contributed by atoms with Crippen molar-refractivity contribution >= 4 is 11.8 Å². The molecule has 0 radical (unpaired) electrons. The fourth-order valence-electron chi connectivity index (χ4n) is 1.05. The molecule has 0 unspecified atom stereocenters. The van der Waals surface area contributed by atoms with E-state index in [9.17, 15) is 5.11 Å². The van der Waals surface area contributed by atoms with E-state index < -0.39 is 0 Å². The van der Waals surface area contributed by atoms with Gasteiger partial charge in [0, 0.05) is 5.25 Å². The first-order valence-electron chi connectivity index (χ1n) is 3.22. The fraction of sp³-hybridized carbons (Fsp3) is 0.714. The van der Waals surface area contributed by atoms with Crippen molar-refractivity contribution in [3.05, 3.63) is 12.2 Å². The molecule has 0 aliphatic heterocycles. The average Bonchev–Trinajstić information content (AvgIpc) is 1.89. The number of aliphatic hydroxyl groups is 1. The highest BCUT2D eigenvalue weighted by Crippen LogP contribution is 2.21. The number of thioether (sulfide) groups is 1. The first-order valence-corrected chi connectivity index (χ1v) is 4.51. The molecule has 0 saturated carbocycles. The summed E-state index contributed by atoms with van der Waals surface area (Å²) in [7, 11) is 0. The summed E-state index contributed by atoms with van der Waals surface area (Å²) in [5.41, 5.74) is 0. The van der Waals surface area contributed by atoms with E-state index in [1.165, 1.54) is 0 Å². The zero-order chi connectivity index (χ0) is 6.69. The van der Waals surface area contributed by atoms with Crippen LogP contribution in [0.4, 0.5) is 0 Å². The Hall–Kier alpha value is 0.0500. The minimum absolute atomic E-state index is 0.200. The summed E-state index contributed by atoms with van der Waals surface area (Å²) in [6.45, 7) is 0. The van der Waals surface area contributed by atoms with Crippen LogP contribution in [0.3, 0.4) is 0 Å². The monoisotopic (exact) mass is 144 g/mol. The molecule has 0 spiro atoms. The molecule has 0 aromatic heterocycles. The van der Waals surface area contributed by atoms with Gasteiger partial charge in [-0.1, -0.05) is 12.2 Å². The Morgan fingerprint density at radius 2 is 2.44 bits per heavy atom. The van der Waals surface area contributed by atoms with Gasteiger partial charge in [0.2, 0.25) is 0 Å². The van der Waals surface area contributed by atoms with Gasteiger partial charge in [-0.05, 0) is 19.1 Å². The lowest BCUT2D eigenvalue weighted by molar-refractivity contribution is 0.211. The molecular formula is C7H12OS. The third kappa shape index (κ3) is 1.73. The van der Waals surface area contributed by atoms with Crippen molar-refractivity contribution < 1.29 is 5.11 Å². The van der Waals surface area contributed by atoms with E-state index >= 15 is 0 Å². The Kier molecular flexibility index (Phi) is 2.61. The van der Waals surface area contributed by atoms with Gasteiger partial charge in [0.25, 0.3) is 0 Å². The summed E-state index contributed by atoms with van der Waals surface area (Å²) in [5, 5.41) is 9.70. The van der Waals surface area contributed by atoms with Crippen molar-refractivity contribution in [2.45, 2.75) is 24.2 Å². The average molecular weight is 144 g/mol. The molecular weight excluding hydrogens is 132 g/mol. The van der Waals surface area contributed by atoms with E-state index in [1.807, 2.05) is 12.3 Å². The zero-order valence-corrected chi connectivity index (χ0v) is 6.40. The van der Waals surface area contributed by atoms with Crippen molar-refractivity contribution in [2.24, 2.45) is 0 Å². The molecule has 0 bridgehead atoms. The van der Waals surface area contributed by atoms with Gasteiger partial charge < -0.3 is 5.11 Å². The summed E-state index contributed by atoms with van der Waals surface area (Å²) < 4.78 is 0. The van der Waals surface area contributed by atoms with Crippen molar-refractivity contribution in [3.63, 3.8) is 0 Å². The molecule has 1 aliphatic carbocycles. The lowest BCUT2D eigenvalue weighted by Crippen LogP contribution is -2.22. The Bertz CT molecular complexity index is 111. The van der Waals surface area contributed by atoms with Crippen LogP contribution in [0, 0.1) is 0 Å². The molecule has 1 rings (SSSR count). The summed E-state index contributed by atoms with van der Waals surface area (Å²) in [6, 6.07) is 0. The summed E-state index contributed by atoms with van der Waals surface area (Å²) in [6.07, 6.45) is 8.05. The van der Waals surface area contributed by atoms with Gasteiger partial charge in [-0.25, -0.2) is 0 Å². The predicted molar refractivity (Wildman–Crippen MR) is 41.7 cm³/mol. The fourth-order valence-corrected chi connectivity index (χ4v) is 1.79. The van der Waals surface area contributed by atoms with Crippen molar-refractivity contribution in [1.29, 1.82) is 0 Å². The van der Waals surface area contributed by atoms with E-state index in [1.54, 1.807) is 11.8 Å². The van der Waals surface area contributed by atoms with Gasteiger partial charge in [0.05, 0.1) is 6.10 Å². The number of hydrogen-bond donors (Lipinski definition) is 1. The Morgan fingerprint density at radius 3 is 2.89 bits per heavy atom. The molecule has 1 N–H and O–H groups in total. The smallest absolute Gasteiger partial charge is 0.0839 e. The summed E-state index contributed by atoms with van der Waals surface area (Å²) in [5.74, 6) is 0. The van der Waals surface area contributed by atoms with E-state index in [4.69, 9.17) is 0 Å². The highest BCUT2D eigenvalue weighted by Gasteiger charge is 2.16.